The highest BCUT2D eigenvalue weighted by atomic mass is 35.5. The van der Waals surface area contributed by atoms with Crippen LogP contribution in [0, 0.1) is 0 Å². The molecule has 0 spiro atoms. The van der Waals surface area contributed by atoms with Gasteiger partial charge in [0, 0.05) is 18.7 Å². The number of aliphatic hydroxyl groups is 1. The third kappa shape index (κ3) is 5.19. The van der Waals surface area contributed by atoms with E-state index in [2.05, 4.69) is 5.32 Å². The summed E-state index contributed by atoms with van der Waals surface area (Å²) >= 11 is 6.02. The van der Waals surface area contributed by atoms with Crippen LogP contribution in [0.1, 0.15) is 18.9 Å². The summed E-state index contributed by atoms with van der Waals surface area (Å²) in [6.07, 6.45) is 0.652. The molecule has 0 aromatic heterocycles. The lowest BCUT2D eigenvalue weighted by atomic mass is 9.98. The van der Waals surface area contributed by atoms with Gasteiger partial charge in [-0.1, -0.05) is 29.8 Å². The first-order chi connectivity index (χ1) is 9.00. The molecule has 2 N–H and O–H groups in total. The Morgan fingerprint density at radius 1 is 1.47 bits per heavy atom. The van der Waals surface area contributed by atoms with Crippen molar-refractivity contribution in [1.29, 1.82) is 0 Å². The highest BCUT2D eigenvalue weighted by Gasteiger charge is 2.25. The molecule has 4 nitrogen and oxygen atoms in total. The number of nitrogens with one attached hydrogen (secondary N) is 1. The van der Waals surface area contributed by atoms with E-state index >= 15 is 0 Å². The molecule has 1 rings (SSSR count). The molecule has 0 saturated carbocycles. The third-order valence-corrected chi connectivity index (χ3v) is 3.25. The molecule has 0 radical (unpaired) electrons. The van der Waals surface area contributed by atoms with Crippen molar-refractivity contribution in [2.75, 3.05) is 20.3 Å². The normalized spacial score (nSPS) is 13.9. The highest BCUT2D eigenvalue weighted by Crippen LogP contribution is 2.16. The molecule has 0 saturated heterocycles. The van der Waals surface area contributed by atoms with Crippen molar-refractivity contribution in [2.24, 2.45) is 0 Å². The zero-order chi connectivity index (χ0) is 14.3. The Labute approximate surface area is 118 Å². The molecule has 5 heteroatoms. The molecule has 1 aromatic carbocycles. The lowest BCUT2D eigenvalue weighted by Gasteiger charge is -2.29. The lowest BCUT2D eigenvalue weighted by Crippen LogP contribution is -2.50. The van der Waals surface area contributed by atoms with Gasteiger partial charge in [-0.3, -0.25) is 4.79 Å². The maximum atomic E-state index is 12.0. The minimum absolute atomic E-state index is 0.00771. The molecule has 1 atom stereocenters. The summed E-state index contributed by atoms with van der Waals surface area (Å²) in [4.78, 5) is 12.0. The smallest absolute Gasteiger partial charge is 0.224 e. The minimum Gasteiger partial charge on any atom is -0.396 e. The van der Waals surface area contributed by atoms with Gasteiger partial charge in [-0.2, -0.15) is 0 Å². The summed E-state index contributed by atoms with van der Waals surface area (Å²) in [5, 5.41) is 12.5. The summed E-state index contributed by atoms with van der Waals surface area (Å²) in [5.41, 5.74) is 0.215. The molecule has 1 aromatic rings. The van der Waals surface area contributed by atoms with Crippen LogP contribution in [0.5, 0.6) is 0 Å². The van der Waals surface area contributed by atoms with E-state index in [1.54, 1.807) is 13.2 Å². The van der Waals surface area contributed by atoms with Gasteiger partial charge in [0.05, 0.1) is 18.6 Å². The van der Waals surface area contributed by atoms with E-state index in [4.69, 9.17) is 21.4 Å². The van der Waals surface area contributed by atoms with Crippen LogP contribution < -0.4 is 5.32 Å². The maximum Gasteiger partial charge on any atom is 0.224 e. The van der Waals surface area contributed by atoms with Crippen LogP contribution in [0.25, 0.3) is 0 Å². The van der Waals surface area contributed by atoms with Crippen LogP contribution in [-0.2, 0) is 16.0 Å². The van der Waals surface area contributed by atoms with Crippen molar-refractivity contribution in [3.05, 3.63) is 34.9 Å². The van der Waals surface area contributed by atoms with Crippen molar-refractivity contribution in [3.8, 4) is 0 Å². The van der Waals surface area contributed by atoms with E-state index in [1.807, 2.05) is 25.1 Å². The number of methoxy groups -OCH3 is 1. The molecule has 0 aliphatic rings. The monoisotopic (exact) mass is 285 g/mol. The minimum atomic E-state index is -0.568. The standard InChI is InChI=1S/C14H20ClNO3/c1-14(7-8-17,10-19-2)16-13(18)9-11-5-3-4-6-12(11)15/h3-6,17H,7-10H2,1-2H3,(H,16,18). The number of hydrogen-bond acceptors (Lipinski definition) is 3. The average molecular weight is 286 g/mol. The van der Waals surface area contributed by atoms with Crippen LogP contribution in [-0.4, -0.2) is 36.9 Å². The van der Waals surface area contributed by atoms with Crippen LogP contribution in [0.4, 0.5) is 0 Å². The number of benzene rings is 1. The molecule has 0 aliphatic heterocycles. The Hall–Kier alpha value is -1.10. The fraction of sp³-hybridized carbons (Fsp3) is 0.500. The van der Waals surface area contributed by atoms with Crippen molar-refractivity contribution < 1.29 is 14.6 Å². The predicted octanol–water partition coefficient (Wildman–Crippen LogP) is 1.79. The fourth-order valence-electron chi connectivity index (χ4n) is 1.93. The summed E-state index contributed by atoms with van der Waals surface area (Å²) in [6, 6.07) is 7.25. The molecule has 0 heterocycles. The number of halogens is 1. The number of hydrogen-bond donors (Lipinski definition) is 2. The first kappa shape index (κ1) is 16.0. The number of carbonyl (C=O) groups excluding carboxylic acids is 1. The van der Waals surface area contributed by atoms with E-state index < -0.39 is 5.54 Å². The van der Waals surface area contributed by atoms with E-state index in [0.29, 0.717) is 18.1 Å². The Morgan fingerprint density at radius 2 is 2.16 bits per heavy atom. The van der Waals surface area contributed by atoms with Crippen LogP contribution >= 0.6 is 11.6 Å². The van der Waals surface area contributed by atoms with Gasteiger partial charge in [-0.15, -0.1) is 0 Å². The summed E-state index contributed by atoms with van der Waals surface area (Å²) in [6.45, 7) is 2.19. The average Bonchev–Trinajstić information content (AvgIpc) is 2.32. The van der Waals surface area contributed by atoms with Crippen molar-refractivity contribution >= 4 is 17.5 Å². The molecule has 0 fully saturated rings. The Morgan fingerprint density at radius 3 is 2.74 bits per heavy atom. The second-order valence-electron chi connectivity index (χ2n) is 4.78. The highest BCUT2D eigenvalue weighted by molar-refractivity contribution is 6.31. The predicted molar refractivity (Wildman–Crippen MR) is 75.3 cm³/mol. The second kappa shape index (κ2) is 7.48. The van der Waals surface area contributed by atoms with Gasteiger partial charge < -0.3 is 15.2 Å². The van der Waals surface area contributed by atoms with Crippen molar-refractivity contribution in [1.82, 2.24) is 5.32 Å². The third-order valence-electron chi connectivity index (χ3n) is 2.88. The molecule has 19 heavy (non-hydrogen) atoms. The van der Waals surface area contributed by atoms with Crippen molar-refractivity contribution in [3.63, 3.8) is 0 Å². The van der Waals surface area contributed by atoms with E-state index in [0.717, 1.165) is 5.56 Å². The van der Waals surface area contributed by atoms with Gasteiger partial charge in [0.1, 0.15) is 0 Å². The van der Waals surface area contributed by atoms with E-state index in [9.17, 15) is 4.79 Å². The van der Waals surface area contributed by atoms with Gasteiger partial charge in [-0.05, 0) is 25.0 Å². The molecule has 106 valence electrons. The Kier molecular flexibility index (Phi) is 6.28. The van der Waals surface area contributed by atoms with Crippen LogP contribution in [0.3, 0.4) is 0 Å². The second-order valence-corrected chi connectivity index (χ2v) is 5.19. The Balaban J connectivity index is 2.65. The zero-order valence-electron chi connectivity index (χ0n) is 11.3. The number of aliphatic hydroxyl groups excluding tert-OH is 1. The molecule has 1 amide bonds. The molecule has 1 unspecified atom stereocenters. The summed E-state index contributed by atoms with van der Waals surface area (Å²) in [5.74, 6) is -0.138. The summed E-state index contributed by atoms with van der Waals surface area (Å²) < 4.78 is 5.08. The largest absolute Gasteiger partial charge is 0.396 e. The van der Waals surface area contributed by atoms with Crippen LogP contribution in [0.2, 0.25) is 5.02 Å². The number of ether oxygens (including phenoxy) is 1. The molecule has 0 bridgehead atoms. The van der Waals surface area contributed by atoms with E-state index in [1.165, 1.54) is 0 Å². The topological polar surface area (TPSA) is 58.6 Å². The molecule has 0 aliphatic carbocycles. The van der Waals surface area contributed by atoms with E-state index in [-0.39, 0.29) is 18.9 Å². The Bertz CT molecular complexity index is 417. The fourth-order valence-corrected chi connectivity index (χ4v) is 2.13. The van der Waals surface area contributed by atoms with Gasteiger partial charge in [0.25, 0.3) is 0 Å². The van der Waals surface area contributed by atoms with Gasteiger partial charge >= 0.3 is 0 Å². The van der Waals surface area contributed by atoms with Crippen molar-refractivity contribution in [2.45, 2.75) is 25.3 Å². The summed E-state index contributed by atoms with van der Waals surface area (Å²) in [7, 11) is 1.57. The number of carbonyl (C=O) groups is 1. The quantitative estimate of drug-likeness (QED) is 0.803. The maximum absolute atomic E-state index is 12.0. The van der Waals surface area contributed by atoms with Gasteiger partial charge in [-0.25, -0.2) is 0 Å². The molecular weight excluding hydrogens is 266 g/mol. The van der Waals surface area contributed by atoms with Crippen LogP contribution in [0.15, 0.2) is 24.3 Å². The number of rotatable bonds is 7. The first-order valence-corrected chi connectivity index (χ1v) is 6.53. The first-order valence-electron chi connectivity index (χ1n) is 6.15. The van der Waals surface area contributed by atoms with Gasteiger partial charge in [0.2, 0.25) is 5.91 Å². The lowest BCUT2D eigenvalue weighted by molar-refractivity contribution is -0.123. The van der Waals surface area contributed by atoms with Gasteiger partial charge in [0.15, 0.2) is 0 Å². The zero-order valence-corrected chi connectivity index (χ0v) is 12.0. The number of amides is 1. The molecular formula is C14H20ClNO3. The SMILES string of the molecule is COCC(C)(CCO)NC(=O)Cc1ccccc1Cl.